The Morgan fingerprint density at radius 2 is 1.91 bits per heavy atom. The van der Waals surface area contributed by atoms with Gasteiger partial charge in [0.05, 0.1) is 5.41 Å². The number of aliphatic carboxylic acids is 1. The Kier molecular flexibility index (Phi) is 8.13. The summed E-state index contributed by atoms with van der Waals surface area (Å²) in [6, 6.07) is 0. The van der Waals surface area contributed by atoms with Crippen LogP contribution in [0.2, 0.25) is 0 Å². The molecule has 0 saturated heterocycles. The van der Waals surface area contributed by atoms with Gasteiger partial charge in [0.15, 0.2) is 0 Å². The molecule has 0 aliphatic carbocycles. The van der Waals surface area contributed by atoms with Crippen molar-refractivity contribution in [3.63, 3.8) is 0 Å². The van der Waals surface area contributed by atoms with E-state index < -0.39 is 11.4 Å². The summed E-state index contributed by atoms with van der Waals surface area (Å²) in [5.41, 5.74) is -0.532. The fraction of sp³-hybridized carbons (Fsp3) is 0.875. The number of carbonyl (C=O) groups is 1. The molecule has 3 heteroatoms. The van der Waals surface area contributed by atoms with E-state index in [9.17, 15) is 4.79 Å². The standard InChI is InChI=1S/C8H16O2.Ca.2H/c1-4-5-6-8(2,3)7(9)10;;;/h4-6H2,1-3H3,(H,9,10);;;. The van der Waals surface area contributed by atoms with Gasteiger partial charge in [0.2, 0.25) is 0 Å². The van der Waals surface area contributed by atoms with Crippen molar-refractivity contribution in [3.8, 4) is 0 Å². The second-order valence-corrected chi connectivity index (χ2v) is 3.29. The van der Waals surface area contributed by atoms with E-state index in [4.69, 9.17) is 5.11 Å². The maximum atomic E-state index is 10.5. The van der Waals surface area contributed by atoms with E-state index in [1.165, 1.54) is 0 Å². The Bertz CT molecular complexity index is 121. The van der Waals surface area contributed by atoms with Crippen molar-refractivity contribution in [3.05, 3.63) is 0 Å². The molecule has 1 N–H and O–H groups in total. The van der Waals surface area contributed by atoms with Gasteiger partial charge in [-0.2, -0.15) is 0 Å². The van der Waals surface area contributed by atoms with Crippen LogP contribution < -0.4 is 0 Å². The fourth-order valence-corrected chi connectivity index (χ4v) is 0.726. The summed E-state index contributed by atoms with van der Waals surface area (Å²) >= 11 is 0. The Labute approximate surface area is 98.4 Å². The van der Waals surface area contributed by atoms with Gasteiger partial charge in [0, 0.05) is 0 Å². The fourth-order valence-electron chi connectivity index (χ4n) is 0.726. The first-order valence-electron chi connectivity index (χ1n) is 3.74. The van der Waals surface area contributed by atoms with Crippen molar-refractivity contribution in [2.24, 2.45) is 5.41 Å². The molecule has 64 valence electrons. The third-order valence-electron chi connectivity index (χ3n) is 1.73. The van der Waals surface area contributed by atoms with Gasteiger partial charge in [0.1, 0.15) is 0 Å². The van der Waals surface area contributed by atoms with Gasteiger partial charge in [0.25, 0.3) is 0 Å². The number of hydrogen-bond donors (Lipinski definition) is 1. The predicted molar refractivity (Wildman–Crippen MR) is 49.5 cm³/mol. The third kappa shape index (κ3) is 5.94. The summed E-state index contributed by atoms with van der Waals surface area (Å²) in [6.45, 7) is 5.61. The van der Waals surface area contributed by atoms with Crippen molar-refractivity contribution >= 4 is 43.7 Å². The number of carboxylic acids is 1. The Balaban J connectivity index is 0. The van der Waals surface area contributed by atoms with Crippen LogP contribution >= 0.6 is 0 Å². The first-order valence-corrected chi connectivity index (χ1v) is 3.74. The summed E-state index contributed by atoms with van der Waals surface area (Å²) in [4.78, 5) is 10.5. The van der Waals surface area contributed by atoms with Crippen LogP contribution in [0.15, 0.2) is 0 Å². The number of rotatable bonds is 4. The van der Waals surface area contributed by atoms with Gasteiger partial charge in [-0.05, 0) is 20.3 Å². The molecule has 0 aromatic heterocycles. The molecule has 0 radical (unpaired) electrons. The van der Waals surface area contributed by atoms with Crippen LogP contribution in [0.25, 0.3) is 0 Å². The Morgan fingerprint density at radius 3 is 2.18 bits per heavy atom. The van der Waals surface area contributed by atoms with E-state index >= 15 is 0 Å². The summed E-state index contributed by atoms with van der Waals surface area (Å²) in [5.74, 6) is -0.694. The van der Waals surface area contributed by atoms with Crippen molar-refractivity contribution in [1.82, 2.24) is 0 Å². The van der Waals surface area contributed by atoms with Gasteiger partial charge < -0.3 is 5.11 Å². The molecule has 0 bridgehead atoms. The molecule has 0 saturated carbocycles. The van der Waals surface area contributed by atoms with E-state index in [0.717, 1.165) is 19.3 Å². The molecule has 0 fully saturated rings. The molecule has 0 aromatic carbocycles. The quantitative estimate of drug-likeness (QED) is 0.673. The molecule has 0 rings (SSSR count). The van der Waals surface area contributed by atoms with Crippen LogP contribution in [0, 0.1) is 5.41 Å². The van der Waals surface area contributed by atoms with E-state index in [-0.39, 0.29) is 37.7 Å². The van der Waals surface area contributed by atoms with Crippen LogP contribution in [0.4, 0.5) is 0 Å². The van der Waals surface area contributed by atoms with Gasteiger partial charge in [-0.15, -0.1) is 0 Å². The van der Waals surface area contributed by atoms with Gasteiger partial charge in [-0.25, -0.2) is 0 Å². The second kappa shape index (κ2) is 6.27. The summed E-state index contributed by atoms with van der Waals surface area (Å²) in [5, 5.41) is 8.67. The number of carboxylic acid groups (broad SMARTS) is 1. The molecule has 11 heavy (non-hydrogen) atoms. The zero-order valence-electron chi connectivity index (χ0n) is 6.98. The average Bonchev–Trinajstić information content (AvgIpc) is 1.84. The number of hydrogen-bond acceptors (Lipinski definition) is 1. The molecule has 0 spiro atoms. The average molecular weight is 186 g/mol. The molecule has 0 heterocycles. The van der Waals surface area contributed by atoms with Gasteiger partial charge >= 0.3 is 43.7 Å². The predicted octanol–water partition coefficient (Wildman–Crippen LogP) is 1.37. The van der Waals surface area contributed by atoms with Crippen LogP contribution in [0.1, 0.15) is 40.0 Å². The summed E-state index contributed by atoms with van der Waals surface area (Å²) < 4.78 is 0. The molecule has 0 atom stereocenters. The van der Waals surface area contributed by atoms with Crippen LogP contribution in [-0.4, -0.2) is 48.8 Å². The van der Waals surface area contributed by atoms with E-state index in [1.807, 2.05) is 0 Å². The van der Waals surface area contributed by atoms with Crippen LogP contribution in [0.3, 0.4) is 0 Å². The monoisotopic (exact) mass is 186 g/mol. The van der Waals surface area contributed by atoms with E-state index in [0.29, 0.717) is 0 Å². The van der Waals surface area contributed by atoms with Crippen molar-refractivity contribution in [1.29, 1.82) is 0 Å². The molecule has 0 unspecified atom stereocenters. The van der Waals surface area contributed by atoms with Crippen molar-refractivity contribution in [2.45, 2.75) is 40.0 Å². The molecule has 0 aliphatic heterocycles. The minimum absolute atomic E-state index is 0. The Hall–Kier alpha value is 0.730. The van der Waals surface area contributed by atoms with Crippen LogP contribution in [0.5, 0.6) is 0 Å². The molecule has 0 amide bonds. The summed E-state index contributed by atoms with van der Waals surface area (Å²) in [7, 11) is 0. The Morgan fingerprint density at radius 1 is 1.45 bits per heavy atom. The van der Waals surface area contributed by atoms with Crippen molar-refractivity contribution in [2.75, 3.05) is 0 Å². The molecular formula is C8H18CaO2. The summed E-state index contributed by atoms with van der Waals surface area (Å²) in [6.07, 6.45) is 2.84. The van der Waals surface area contributed by atoms with Crippen LogP contribution in [-0.2, 0) is 4.79 Å². The topological polar surface area (TPSA) is 37.3 Å². The van der Waals surface area contributed by atoms with E-state index in [1.54, 1.807) is 13.8 Å². The zero-order chi connectivity index (χ0) is 8.20. The zero-order valence-corrected chi connectivity index (χ0v) is 6.98. The first-order chi connectivity index (χ1) is 4.50. The van der Waals surface area contributed by atoms with Gasteiger partial charge in [-0.1, -0.05) is 19.8 Å². The molecular weight excluding hydrogens is 168 g/mol. The van der Waals surface area contributed by atoms with Gasteiger partial charge in [-0.3, -0.25) is 4.79 Å². The molecule has 0 aromatic rings. The normalized spacial score (nSPS) is 10.5. The van der Waals surface area contributed by atoms with Crippen molar-refractivity contribution < 1.29 is 9.90 Å². The van der Waals surface area contributed by atoms with E-state index in [2.05, 4.69) is 6.92 Å². The third-order valence-corrected chi connectivity index (χ3v) is 1.73. The first kappa shape index (κ1) is 14.3. The molecule has 0 aliphatic rings. The minimum atomic E-state index is -0.694. The second-order valence-electron chi connectivity index (χ2n) is 3.29. The SMILES string of the molecule is CCCCC(C)(C)C(=O)O.[CaH2]. The number of unbranched alkanes of at least 4 members (excludes halogenated alkanes) is 1. The molecule has 2 nitrogen and oxygen atoms in total. The maximum absolute atomic E-state index is 10.5.